The van der Waals surface area contributed by atoms with Crippen LogP contribution in [0.3, 0.4) is 0 Å². The number of ether oxygens (including phenoxy) is 1. The third-order valence-electron chi connectivity index (χ3n) is 7.11. The predicted octanol–water partition coefficient (Wildman–Crippen LogP) is 4.84. The summed E-state index contributed by atoms with van der Waals surface area (Å²) in [5.74, 6) is -0.526. The highest BCUT2D eigenvalue weighted by Gasteiger charge is 2.37. The van der Waals surface area contributed by atoms with Crippen LogP contribution in [-0.2, 0) is 15.4 Å². The summed E-state index contributed by atoms with van der Waals surface area (Å²) in [6.45, 7) is 7.04. The van der Waals surface area contributed by atoms with Gasteiger partial charge in [0.1, 0.15) is 5.75 Å². The van der Waals surface area contributed by atoms with Gasteiger partial charge in [0, 0.05) is 34.9 Å². The minimum absolute atomic E-state index is 0.0518. The van der Waals surface area contributed by atoms with Crippen LogP contribution in [0.4, 0.5) is 13.2 Å². The maximum atomic E-state index is 13.1. The summed E-state index contributed by atoms with van der Waals surface area (Å²) in [5, 5.41) is 16.8. The molecular formula is C28H30F3N3O4S. The normalized spacial score (nSPS) is 20.9. The lowest BCUT2D eigenvalue weighted by Crippen LogP contribution is -2.58. The zero-order valence-corrected chi connectivity index (χ0v) is 22.5. The standard InChI is InChI=1S/C28H30F3N3O4S/c1-27(2,3)17-8-13-24-21(14-17)20-6-4-5-7-23(20)34(24)25-16-32-15-22(26(25)35)33-39(36,37)19-11-9-18(10-12-19)38-28(29,30)31/h4-14,22,25-26,32-33,35H,15-16H2,1-3H3/t22-,25+,26+/m1/s1. The number of rotatable bonds is 5. The number of aliphatic hydroxyl groups excluding tert-OH is 1. The molecule has 3 aromatic carbocycles. The van der Waals surface area contributed by atoms with Crippen LogP contribution in [0.1, 0.15) is 32.4 Å². The quantitative estimate of drug-likeness (QED) is 0.324. The van der Waals surface area contributed by atoms with E-state index >= 15 is 0 Å². The van der Waals surface area contributed by atoms with Gasteiger partial charge in [-0.2, -0.15) is 0 Å². The average Bonchev–Trinajstić information content (AvgIpc) is 3.18. The van der Waals surface area contributed by atoms with Gasteiger partial charge in [0.15, 0.2) is 0 Å². The molecule has 0 saturated carbocycles. The van der Waals surface area contributed by atoms with E-state index in [9.17, 15) is 26.7 Å². The summed E-state index contributed by atoms with van der Waals surface area (Å²) in [5.41, 5.74) is 2.98. The lowest BCUT2D eigenvalue weighted by molar-refractivity contribution is -0.274. The average molecular weight is 562 g/mol. The zero-order valence-electron chi connectivity index (χ0n) is 21.7. The van der Waals surface area contributed by atoms with Crippen LogP contribution in [0, 0.1) is 0 Å². The Labute approximate surface area is 224 Å². The van der Waals surface area contributed by atoms with Crippen molar-refractivity contribution in [1.82, 2.24) is 14.6 Å². The number of sulfonamides is 1. The van der Waals surface area contributed by atoms with Gasteiger partial charge in [0.05, 0.1) is 23.1 Å². The van der Waals surface area contributed by atoms with Gasteiger partial charge in [-0.25, -0.2) is 13.1 Å². The summed E-state index contributed by atoms with van der Waals surface area (Å²) in [4.78, 5) is -0.238. The van der Waals surface area contributed by atoms with E-state index in [1.807, 2.05) is 30.3 Å². The molecule has 7 nitrogen and oxygen atoms in total. The number of hydrogen-bond donors (Lipinski definition) is 3. The number of piperidine rings is 1. The first-order valence-corrected chi connectivity index (χ1v) is 14.0. The first-order valence-electron chi connectivity index (χ1n) is 12.5. The Morgan fingerprint density at radius 2 is 1.62 bits per heavy atom. The number of nitrogens with one attached hydrogen (secondary N) is 2. The molecule has 5 rings (SSSR count). The van der Waals surface area contributed by atoms with E-state index in [4.69, 9.17) is 0 Å². The van der Waals surface area contributed by atoms with Crippen molar-refractivity contribution in [3.63, 3.8) is 0 Å². The molecule has 1 aromatic heterocycles. The van der Waals surface area contributed by atoms with Crippen LogP contribution in [0.25, 0.3) is 21.8 Å². The van der Waals surface area contributed by atoms with E-state index in [1.165, 1.54) is 5.56 Å². The summed E-state index contributed by atoms with van der Waals surface area (Å²) < 4.78 is 71.9. The van der Waals surface area contributed by atoms with Crippen molar-refractivity contribution in [2.75, 3.05) is 13.1 Å². The van der Waals surface area contributed by atoms with Crippen molar-refractivity contribution < 1.29 is 31.4 Å². The number of halogens is 3. The third-order valence-corrected chi connectivity index (χ3v) is 8.61. The van der Waals surface area contributed by atoms with Crippen LogP contribution in [0.2, 0.25) is 0 Å². The topological polar surface area (TPSA) is 92.6 Å². The first kappa shape index (κ1) is 27.4. The van der Waals surface area contributed by atoms with Gasteiger partial charge in [-0.1, -0.05) is 45.0 Å². The van der Waals surface area contributed by atoms with E-state index in [0.717, 1.165) is 46.1 Å². The molecule has 0 radical (unpaired) electrons. The molecule has 1 saturated heterocycles. The highest BCUT2D eigenvalue weighted by Crippen LogP contribution is 2.37. The van der Waals surface area contributed by atoms with Gasteiger partial charge in [0.2, 0.25) is 10.0 Å². The molecule has 0 spiro atoms. The SMILES string of the molecule is CC(C)(C)c1ccc2c(c1)c1ccccc1n2[C@H]1CNC[C@@H](NS(=O)(=O)c2ccc(OC(F)(F)F)cc2)[C@@H]1O. The number of aromatic nitrogens is 1. The Kier molecular flexibility index (Phi) is 6.91. The molecule has 39 heavy (non-hydrogen) atoms. The maximum absolute atomic E-state index is 13.1. The van der Waals surface area contributed by atoms with E-state index in [1.54, 1.807) is 0 Å². The van der Waals surface area contributed by atoms with Crippen LogP contribution >= 0.6 is 0 Å². The zero-order chi connectivity index (χ0) is 28.2. The number of aliphatic hydroxyl groups is 1. The highest BCUT2D eigenvalue weighted by atomic mass is 32.2. The molecule has 2 heterocycles. The van der Waals surface area contributed by atoms with E-state index in [-0.39, 0.29) is 16.9 Å². The molecule has 0 amide bonds. The second-order valence-electron chi connectivity index (χ2n) is 10.8. The molecule has 3 N–H and O–H groups in total. The Bertz CT molecular complexity index is 1610. The predicted molar refractivity (Wildman–Crippen MR) is 143 cm³/mol. The van der Waals surface area contributed by atoms with Gasteiger partial charge < -0.3 is 19.7 Å². The molecule has 1 aliphatic rings. The van der Waals surface area contributed by atoms with Gasteiger partial charge >= 0.3 is 6.36 Å². The maximum Gasteiger partial charge on any atom is 0.573 e. The van der Waals surface area contributed by atoms with Gasteiger partial charge in [-0.3, -0.25) is 0 Å². The van der Waals surface area contributed by atoms with E-state index < -0.39 is 40.3 Å². The molecule has 11 heteroatoms. The molecule has 0 unspecified atom stereocenters. The number of benzene rings is 3. The number of hydrogen-bond acceptors (Lipinski definition) is 5. The lowest BCUT2D eigenvalue weighted by Gasteiger charge is -2.37. The summed E-state index contributed by atoms with van der Waals surface area (Å²) in [7, 11) is -4.15. The Balaban J connectivity index is 1.46. The Morgan fingerprint density at radius 1 is 0.949 bits per heavy atom. The van der Waals surface area contributed by atoms with E-state index in [0.29, 0.717) is 6.54 Å². The molecular weight excluding hydrogens is 531 g/mol. The molecule has 1 fully saturated rings. The Morgan fingerprint density at radius 3 is 2.28 bits per heavy atom. The number of para-hydroxylation sites is 1. The molecule has 3 atom stereocenters. The minimum Gasteiger partial charge on any atom is -0.406 e. The van der Waals surface area contributed by atoms with Crippen LogP contribution in [-0.4, -0.2) is 49.7 Å². The summed E-state index contributed by atoms with van der Waals surface area (Å²) >= 11 is 0. The van der Waals surface area contributed by atoms with Crippen molar-refractivity contribution in [2.24, 2.45) is 0 Å². The molecule has 0 aliphatic carbocycles. The largest absolute Gasteiger partial charge is 0.573 e. The van der Waals surface area contributed by atoms with Gasteiger partial charge in [-0.05, 0) is 53.4 Å². The monoisotopic (exact) mass is 561 g/mol. The molecule has 1 aliphatic heterocycles. The summed E-state index contributed by atoms with van der Waals surface area (Å²) in [6, 6.07) is 16.8. The summed E-state index contributed by atoms with van der Waals surface area (Å²) in [6.07, 6.45) is -5.97. The van der Waals surface area contributed by atoms with Crippen molar-refractivity contribution >= 4 is 31.8 Å². The van der Waals surface area contributed by atoms with Crippen LogP contribution < -0.4 is 14.8 Å². The fourth-order valence-electron chi connectivity index (χ4n) is 5.17. The van der Waals surface area contributed by atoms with Crippen molar-refractivity contribution in [3.05, 3.63) is 72.3 Å². The Hall–Kier alpha value is -3.12. The second-order valence-corrected chi connectivity index (χ2v) is 12.5. The van der Waals surface area contributed by atoms with Crippen molar-refractivity contribution in [1.29, 1.82) is 0 Å². The highest BCUT2D eigenvalue weighted by molar-refractivity contribution is 7.89. The third kappa shape index (κ3) is 5.49. The number of fused-ring (bicyclic) bond motifs is 3. The van der Waals surface area contributed by atoms with Crippen molar-refractivity contribution in [2.45, 2.75) is 55.6 Å². The first-order chi connectivity index (χ1) is 18.2. The lowest BCUT2D eigenvalue weighted by atomic mass is 9.86. The van der Waals surface area contributed by atoms with Crippen LogP contribution in [0.15, 0.2) is 71.6 Å². The van der Waals surface area contributed by atoms with E-state index in [2.05, 4.69) is 52.2 Å². The second kappa shape index (κ2) is 9.81. The fraction of sp³-hybridized carbons (Fsp3) is 0.357. The van der Waals surface area contributed by atoms with Gasteiger partial charge in [-0.15, -0.1) is 13.2 Å². The number of nitrogens with zero attached hydrogens (tertiary/aromatic N) is 1. The smallest absolute Gasteiger partial charge is 0.406 e. The molecule has 208 valence electrons. The molecule has 0 bridgehead atoms. The fourth-order valence-corrected chi connectivity index (χ4v) is 6.42. The van der Waals surface area contributed by atoms with Gasteiger partial charge in [0.25, 0.3) is 0 Å². The van der Waals surface area contributed by atoms with Crippen LogP contribution in [0.5, 0.6) is 5.75 Å². The number of alkyl halides is 3. The minimum atomic E-state index is -4.88. The molecule has 4 aromatic rings. The van der Waals surface area contributed by atoms with Crippen molar-refractivity contribution in [3.8, 4) is 5.75 Å².